The number of rotatable bonds is 7. The second-order valence-electron chi connectivity index (χ2n) is 8.38. The number of thiophene rings is 1. The number of thioether (sulfide) groups is 1. The quantitative estimate of drug-likeness (QED) is 0.294. The lowest BCUT2D eigenvalue weighted by atomic mass is 10.1. The molecule has 0 radical (unpaired) electrons. The van der Waals surface area contributed by atoms with Crippen LogP contribution in [0.15, 0.2) is 46.5 Å². The van der Waals surface area contributed by atoms with Gasteiger partial charge in [-0.2, -0.15) is 0 Å². The maximum absolute atomic E-state index is 13.5. The smallest absolute Gasteiger partial charge is 0.272 e. The standard InChI is InChI=1S/C25H26N4O3S2/c1-3-16-8-4-7-15(2)20(16)27-19(30)14-33-25-28-21-18-10-5-11-26-23(18)34-22(21)24(31)29(25)13-17-9-6-12-32-17/h4-5,7-8,10-11,17H,3,6,9,12-14H2,1-2H3,(H,27,30)/t17-/m1/s1. The second kappa shape index (κ2) is 9.85. The zero-order chi connectivity index (χ0) is 23.7. The van der Waals surface area contributed by atoms with Gasteiger partial charge in [-0.15, -0.1) is 11.3 Å². The van der Waals surface area contributed by atoms with Gasteiger partial charge >= 0.3 is 0 Å². The van der Waals surface area contributed by atoms with Crippen LogP contribution in [0.5, 0.6) is 0 Å². The number of fused-ring (bicyclic) bond motifs is 3. The van der Waals surface area contributed by atoms with Crippen molar-refractivity contribution in [1.29, 1.82) is 0 Å². The Morgan fingerprint density at radius 1 is 1.32 bits per heavy atom. The van der Waals surface area contributed by atoms with E-state index in [-0.39, 0.29) is 23.3 Å². The molecular weight excluding hydrogens is 468 g/mol. The molecule has 1 saturated heterocycles. The van der Waals surface area contributed by atoms with Crippen LogP contribution in [0.3, 0.4) is 0 Å². The van der Waals surface area contributed by atoms with Crippen molar-refractivity contribution in [3.63, 3.8) is 0 Å². The molecule has 3 aromatic heterocycles. The van der Waals surface area contributed by atoms with Gasteiger partial charge in [-0.1, -0.05) is 36.9 Å². The van der Waals surface area contributed by atoms with E-state index in [1.807, 2.05) is 37.3 Å². The molecule has 4 aromatic rings. The average molecular weight is 495 g/mol. The molecular formula is C25H26N4O3S2. The van der Waals surface area contributed by atoms with E-state index < -0.39 is 0 Å². The fraction of sp³-hybridized carbons (Fsp3) is 0.360. The molecule has 1 aromatic carbocycles. The van der Waals surface area contributed by atoms with E-state index >= 15 is 0 Å². The molecule has 0 bridgehead atoms. The summed E-state index contributed by atoms with van der Waals surface area (Å²) in [6, 6.07) is 9.81. The molecule has 1 aliphatic heterocycles. The van der Waals surface area contributed by atoms with Crippen LogP contribution in [0, 0.1) is 6.92 Å². The third-order valence-electron chi connectivity index (χ3n) is 6.06. The number of amides is 1. The Bertz CT molecular complexity index is 1420. The van der Waals surface area contributed by atoms with Crippen LogP contribution >= 0.6 is 23.1 Å². The van der Waals surface area contributed by atoms with Gasteiger partial charge < -0.3 is 10.1 Å². The monoisotopic (exact) mass is 494 g/mol. The first-order valence-electron chi connectivity index (χ1n) is 11.5. The Labute approximate surface area is 205 Å². The van der Waals surface area contributed by atoms with E-state index in [1.165, 1.54) is 23.1 Å². The lowest BCUT2D eigenvalue weighted by Crippen LogP contribution is -2.28. The van der Waals surface area contributed by atoms with E-state index in [4.69, 9.17) is 9.72 Å². The van der Waals surface area contributed by atoms with Crippen LogP contribution in [0.1, 0.15) is 30.9 Å². The summed E-state index contributed by atoms with van der Waals surface area (Å²) in [4.78, 5) is 36.4. The molecule has 0 unspecified atom stereocenters. The highest BCUT2D eigenvalue weighted by molar-refractivity contribution is 7.99. The molecule has 1 aliphatic rings. The number of pyridine rings is 1. The number of carbonyl (C=O) groups is 1. The highest BCUT2D eigenvalue weighted by Crippen LogP contribution is 2.31. The highest BCUT2D eigenvalue weighted by Gasteiger charge is 2.22. The van der Waals surface area contributed by atoms with Crippen LogP contribution in [-0.4, -0.2) is 38.9 Å². The number of hydrogen-bond acceptors (Lipinski definition) is 7. The first kappa shape index (κ1) is 23.0. The third-order valence-corrected chi connectivity index (χ3v) is 8.13. The molecule has 9 heteroatoms. The molecule has 1 amide bonds. The van der Waals surface area contributed by atoms with Gasteiger partial charge in [0.05, 0.1) is 23.9 Å². The van der Waals surface area contributed by atoms with Crippen molar-refractivity contribution in [2.24, 2.45) is 0 Å². The van der Waals surface area contributed by atoms with Crippen molar-refractivity contribution in [2.45, 2.75) is 50.9 Å². The van der Waals surface area contributed by atoms with Crippen LogP contribution in [-0.2, 0) is 22.5 Å². The zero-order valence-corrected chi connectivity index (χ0v) is 20.8. The lowest BCUT2D eigenvalue weighted by Gasteiger charge is -2.16. The summed E-state index contributed by atoms with van der Waals surface area (Å²) in [5.74, 6) is 0.0326. The number of ether oxygens (including phenoxy) is 1. The summed E-state index contributed by atoms with van der Waals surface area (Å²) < 4.78 is 8.06. The lowest BCUT2D eigenvalue weighted by molar-refractivity contribution is -0.113. The first-order valence-corrected chi connectivity index (χ1v) is 13.3. The first-order chi connectivity index (χ1) is 16.5. The molecule has 34 heavy (non-hydrogen) atoms. The number of carbonyl (C=O) groups excluding carboxylic acids is 1. The third kappa shape index (κ3) is 4.47. The maximum atomic E-state index is 13.5. The minimum absolute atomic E-state index is 0.0169. The molecule has 4 heterocycles. The maximum Gasteiger partial charge on any atom is 0.272 e. The number of para-hydroxylation sites is 1. The van der Waals surface area contributed by atoms with Gasteiger partial charge in [0.1, 0.15) is 9.53 Å². The summed E-state index contributed by atoms with van der Waals surface area (Å²) in [6.45, 7) is 5.21. The van der Waals surface area contributed by atoms with E-state index in [0.29, 0.717) is 28.5 Å². The predicted molar refractivity (Wildman–Crippen MR) is 138 cm³/mol. The molecule has 5 rings (SSSR count). The van der Waals surface area contributed by atoms with E-state index in [1.54, 1.807) is 10.8 Å². The van der Waals surface area contributed by atoms with Crippen molar-refractivity contribution in [1.82, 2.24) is 14.5 Å². The number of anilines is 1. The molecule has 0 spiro atoms. The molecule has 1 atom stereocenters. The topological polar surface area (TPSA) is 86.1 Å². The Morgan fingerprint density at radius 2 is 2.21 bits per heavy atom. The number of benzene rings is 1. The van der Waals surface area contributed by atoms with Gasteiger partial charge in [-0.3, -0.25) is 14.2 Å². The van der Waals surface area contributed by atoms with Crippen molar-refractivity contribution in [3.8, 4) is 0 Å². The Morgan fingerprint density at radius 3 is 3.00 bits per heavy atom. The van der Waals surface area contributed by atoms with Crippen molar-refractivity contribution in [3.05, 3.63) is 58.0 Å². The van der Waals surface area contributed by atoms with Crippen molar-refractivity contribution < 1.29 is 9.53 Å². The SMILES string of the molecule is CCc1cccc(C)c1NC(=O)CSc1nc2c(sc3ncccc32)c(=O)n1C[C@H]1CCCO1. The fourth-order valence-corrected chi connectivity index (χ4v) is 6.14. The van der Waals surface area contributed by atoms with E-state index in [9.17, 15) is 9.59 Å². The molecule has 0 saturated carbocycles. The normalized spacial score (nSPS) is 15.9. The summed E-state index contributed by atoms with van der Waals surface area (Å²) in [5.41, 5.74) is 3.55. The Hall–Kier alpha value is -2.75. The Balaban J connectivity index is 1.47. The zero-order valence-electron chi connectivity index (χ0n) is 19.2. The van der Waals surface area contributed by atoms with Gasteiger partial charge in [0.2, 0.25) is 5.91 Å². The van der Waals surface area contributed by atoms with E-state index in [2.05, 4.69) is 17.2 Å². The number of aryl methyl sites for hydroxylation is 2. The molecule has 7 nitrogen and oxygen atoms in total. The van der Waals surface area contributed by atoms with Gasteiger partial charge in [0.15, 0.2) is 5.16 Å². The number of aromatic nitrogens is 3. The number of nitrogens with zero attached hydrogens (tertiary/aromatic N) is 3. The Kier molecular flexibility index (Phi) is 6.67. The summed E-state index contributed by atoms with van der Waals surface area (Å²) in [6.07, 6.45) is 4.44. The number of nitrogens with one attached hydrogen (secondary N) is 1. The number of hydrogen-bond donors (Lipinski definition) is 1. The highest BCUT2D eigenvalue weighted by atomic mass is 32.2. The fourth-order valence-electron chi connectivity index (χ4n) is 4.31. The summed E-state index contributed by atoms with van der Waals surface area (Å²) in [7, 11) is 0. The van der Waals surface area contributed by atoms with Gasteiger partial charge in [0, 0.05) is 23.9 Å². The average Bonchev–Trinajstić information content (AvgIpc) is 3.49. The molecule has 1 fully saturated rings. The van der Waals surface area contributed by atoms with Gasteiger partial charge in [-0.25, -0.2) is 9.97 Å². The van der Waals surface area contributed by atoms with Crippen LogP contribution in [0.4, 0.5) is 5.69 Å². The largest absolute Gasteiger partial charge is 0.376 e. The molecule has 0 aliphatic carbocycles. The summed E-state index contributed by atoms with van der Waals surface area (Å²) in [5, 5.41) is 4.46. The predicted octanol–water partition coefficient (Wildman–Crippen LogP) is 4.79. The molecule has 176 valence electrons. The minimum Gasteiger partial charge on any atom is -0.376 e. The van der Waals surface area contributed by atoms with Crippen molar-refractivity contribution >= 4 is 55.1 Å². The van der Waals surface area contributed by atoms with Crippen molar-refractivity contribution in [2.75, 3.05) is 17.7 Å². The van der Waals surface area contributed by atoms with Crippen LogP contribution in [0.2, 0.25) is 0 Å². The van der Waals surface area contributed by atoms with Gasteiger partial charge in [0.25, 0.3) is 5.56 Å². The van der Waals surface area contributed by atoms with Crippen LogP contribution in [0.25, 0.3) is 20.4 Å². The summed E-state index contributed by atoms with van der Waals surface area (Å²) >= 11 is 2.65. The van der Waals surface area contributed by atoms with E-state index in [0.717, 1.165) is 46.3 Å². The minimum atomic E-state index is -0.121. The second-order valence-corrected chi connectivity index (χ2v) is 10.3. The van der Waals surface area contributed by atoms with Crippen LogP contribution < -0.4 is 10.9 Å². The van der Waals surface area contributed by atoms with Gasteiger partial charge in [-0.05, 0) is 49.4 Å². The molecule has 1 N–H and O–H groups in total.